The van der Waals surface area contributed by atoms with Crippen molar-refractivity contribution in [3.8, 4) is 6.07 Å². The molecule has 3 nitrogen and oxygen atoms in total. The van der Waals surface area contributed by atoms with Crippen molar-refractivity contribution in [2.45, 2.75) is 6.10 Å². The lowest BCUT2D eigenvalue weighted by Crippen LogP contribution is -2.29. The zero-order chi connectivity index (χ0) is 12.7. The highest BCUT2D eigenvalue weighted by molar-refractivity contribution is 9.10. The zero-order valence-corrected chi connectivity index (χ0v) is 11.1. The number of rotatable bonds is 6. The molecule has 0 bridgehead atoms. The van der Waals surface area contributed by atoms with Gasteiger partial charge in [-0.1, -0.05) is 34.1 Å². The Hall–Kier alpha value is -1.15. The Balaban J connectivity index is 2.63. The van der Waals surface area contributed by atoms with E-state index in [1.165, 1.54) is 0 Å². The second-order valence-electron chi connectivity index (χ2n) is 3.71. The fraction of sp³-hybridized carbons (Fsp3) is 0.308. The predicted molar refractivity (Wildman–Crippen MR) is 71.4 cm³/mol. The van der Waals surface area contributed by atoms with Crippen LogP contribution in [-0.4, -0.2) is 29.6 Å². The number of aliphatic hydroxyl groups excluding tert-OH is 1. The van der Waals surface area contributed by atoms with E-state index in [0.717, 1.165) is 10.0 Å². The lowest BCUT2D eigenvalue weighted by molar-refractivity contribution is 0.126. The number of benzene rings is 1. The molecule has 1 N–H and O–H groups in total. The quantitative estimate of drug-likeness (QED) is 0.648. The molecule has 17 heavy (non-hydrogen) atoms. The largest absolute Gasteiger partial charge is 0.387 e. The molecule has 0 aliphatic heterocycles. The van der Waals surface area contributed by atoms with Gasteiger partial charge in [0.15, 0.2) is 0 Å². The fourth-order valence-electron chi connectivity index (χ4n) is 1.52. The van der Waals surface area contributed by atoms with E-state index in [0.29, 0.717) is 19.6 Å². The van der Waals surface area contributed by atoms with E-state index in [2.05, 4.69) is 28.6 Å². The molecule has 1 atom stereocenters. The van der Waals surface area contributed by atoms with Crippen LogP contribution in [0.25, 0.3) is 0 Å². The molecule has 0 aliphatic rings. The summed E-state index contributed by atoms with van der Waals surface area (Å²) < 4.78 is 0.980. The number of nitrogens with zero attached hydrogens (tertiary/aromatic N) is 2. The first-order valence-corrected chi connectivity index (χ1v) is 6.10. The number of hydrogen-bond acceptors (Lipinski definition) is 3. The molecule has 0 aliphatic carbocycles. The van der Waals surface area contributed by atoms with Gasteiger partial charge < -0.3 is 5.11 Å². The molecule has 0 amide bonds. The molecule has 1 aromatic rings. The van der Waals surface area contributed by atoms with Gasteiger partial charge in [-0.05, 0) is 17.7 Å². The Morgan fingerprint density at radius 1 is 1.47 bits per heavy atom. The molecular formula is C13H15BrN2O. The normalized spacial score (nSPS) is 12.1. The lowest BCUT2D eigenvalue weighted by Gasteiger charge is -2.21. The van der Waals surface area contributed by atoms with Crippen molar-refractivity contribution in [1.82, 2.24) is 4.90 Å². The molecule has 0 saturated heterocycles. The summed E-state index contributed by atoms with van der Waals surface area (Å²) in [6, 6.07) is 9.59. The Morgan fingerprint density at radius 2 is 2.12 bits per heavy atom. The highest BCUT2D eigenvalue weighted by Gasteiger charge is 2.12. The summed E-state index contributed by atoms with van der Waals surface area (Å²) in [5, 5.41) is 18.7. The maximum Gasteiger partial charge on any atom is 0.0917 e. The molecule has 4 heteroatoms. The van der Waals surface area contributed by atoms with E-state index in [1.807, 2.05) is 29.2 Å². The van der Waals surface area contributed by atoms with Crippen molar-refractivity contribution in [1.29, 1.82) is 5.26 Å². The van der Waals surface area contributed by atoms with E-state index in [1.54, 1.807) is 6.08 Å². The van der Waals surface area contributed by atoms with Gasteiger partial charge >= 0.3 is 0 Å². The van der Waals surface area contributed by atoms with Crippen molar-refractivity contribution < 1.29 is 5.11 Å². The van der Waals surface area contributed by atoms with Crippen LogP contribution in [0.2, 0.25) is 0 Å². The molecule has 1 aromatic carbocycles. The third-order valence-electron chi connectivity index (χ3n) is 2.37. The molecule has 0 radical (unpaired) electrons. The van der Waals surface area contributed by atoms with Crippen molar-refractivity contribution in [2.24, 2.45) is 0 Å². The van der Waals surface area contributed by atoms with Crippen LogP contribution in [-0.2, 0) is 0 Å². The first kappa shape index (κ1) is 13.9. The second kappa shape index (κ2) is 7.23. The summed E-state index contributed by atoms with van der Waals surface area (Å²) in [4.78, 5) is 1.85. The van der Waals surface area contributed by atoms with Crippen LogP contribution in [0.3, 0.4) is 0 Å². The van der Waals surface area contributed by atoms with Crippen LogP contribution in [0.1, 0.15) is 11.7 Å². The van der Waals surface area contributed by atoms with Gasteiger partial charge in [-0.25, -0.2) is 0 Å². The average molecular weight is 295 g/mol. The molecule has 0 unspecified atom stereocenters. The zero-order valence-electron chi connectivity index (χ0n) is 9.51. The van der Waals surface area contributed by atoms with E-state index in [9.17, 15) is 5.11 Å². The third kappa shape index (κ3) is 4.70. The Kier molecular flexibility index (Phi) is 5.92. The van der Waals surface area contributed by atoms with E-state index < -0.39 is 6.10 Å². The Morgan fingerprint density at radius 3 is 2.65 bits per heavy atom. The highest BCUT2D eigenvalue weighted by Crippen LogP contribution is 2.17. The maximum absolute atomic E-state index is 10.0. The van der Waals surface area contributed by atoms with Gasteiger partial charge in [-0.15, -0.1) is 6.58 Å². The molecule has 0 spiro atoms. The van der Waals surface area contributed by atoms with Crippen LogP contribution < -0.4 is 0 Å². The monoisotopic (exact) mass is 294 g/mol. The fourth-order valence-corrected chi connectivity index (χ4v) is 1.79. The van der Waals surface area contributed by atoms with Crippen LogP contribution in [0.4, 0.5) is 0 Å². The van der Waals surface area contributed by atoms with Gasteiger partial charge in [0, 0.05) is 17.6 Å². The number of halogens is 1. The summed E-state index contributed by atoms with van der Waals surface area (Å²) in [6.07, 6.45) is 1.14. The number of nitriles is 1. The molecular weight excluding hydrogens is 280 g/mol. The molecule has 90 valence electrons. The lowest BCUT2D eigenvalue weighted by atomic mass is 10.1. The minimum Gasteiger partial charge on any atom is -0.387 e. The van der Waals surface area contributed by atoms with Gasteiger partial charge in [0.25, 0.3) is 0 Å². The molecule has 0 aromatic heterocycles. The first-order valence-electron chi connectivity index (χ1n) is 5.31. The molecule has 0 fully saturated rings. The van der Waals surface area contributed by atoms with Crippen LogP contribution in [0.15, 0.2) is 41.4 Å². The first-order chi connectivity index (χ1) is 8.17. The van der Waals surface area contributed by atoms with Crippen LogP contribution in [0, 0.1) is 11.3 Å². The van der Waals surface area contributed by atoms with E-state index >= 15 is 0 Å². The predicted octanol–water partition coefficient (Wildman–Crippen LogP) is 2.49. The van der Waals surface area contributed by atoms with Crippen molar-refractivity contribution in [2.75, 3.05) is 19.6 Å². The third-order valence-corrected chi connectivity index (χ3v) is 2.90. The minimum atomic E-state index is -0.587. The summed E-state index contributed by atoms with van der Waals surface area (Å²) >= 11 is 3.35. The highest BCUT2D eigenvalue weighted by atomic mass is 79.9. The van der Waals surface area contributed by atoms with Crippen LogP contribution >= 0.6 is 15.9 Å². The standard InChI is InChI=1S/C13H15BrN2O/c1-2-8-16(9-7-15)10-13(17)11-3-5-12(14)6-4-11/h2-6,13,17H,1,8-10H2/t13-/m0/s1. The van der Waals surface area contributed by atoms with Gasteiger partial charge in [-0.3, -0.25) is 4.90 Å². The summed E-state index contributed by atoms with van der Waals surface area (Å²) in [5.41, 5.74) is 0.847. The topological polar surface area (TPSA) is 47.3 Å². The van der Waals surface area contributed by atoms with Gasteiger partial charge in [0.1, 0.15) is 0 Å². The molecule has 1 rings (SSSR count). The molecule has 0 saturated carbocycles. The minimum absolute atomic E-state index is 0.291. The maximum atomic E-state index is 10.0. The summed E-state index contributed by atoms with van der Waals surface area (Å²) in [7, 11) is 0. The summed E-state index contributed by atoms with van der Waals surface area (Å²) in [6.45, 7) is 4.96. The van der Waals surface area contributed by atoms with Gasteiger partial charge in [0.2, 0.25) is 0 Å². The van der Waals surface area contributed by atoms with Crippen molar-refractivity contribution in [3.63, 3.8) is 0 Å². The van der Waals surface area contributed by atoms with Crippen LogP contribution in [0.5, 0.6) is 0 Å². The van der Waals surface area contributed by atoms with Gasteiger partial charge in [0.05, 0.1) is 18.7 Å². The average Bonchev–Trinajstić information content (AvgIpc) is 2.30. The second-order valence-corrected chi connectivity index (χ2v) is 4.62. The van der Waals surface area contributed by atoms with Crippen molar-refractivity contribution in [3.05, 3.63) is 47.0 Å². The van der Waals surface area contributed by atoms with Crippen molar-refractivity contribution >= 4 is 15.9 Å². The Bertz CT molecular complexity index is 397. The Labute approximate surface area is 110 Å². The number of aliphatic hydroxyl groups is 1. The molecule has 0 heterocycles. The van der Waals surface area contributed by atoms with E-state index in [4.69, 9.17) is 5.26 Å². The number of hydrogen-bond donors (Lipinski definition) is 1. The smallest absolute Gasteiger partial charge is 0.0917 e. The SMILES string of the molecule is C=CCN(CC#N)C[C@H](O)c1ccc(Br)cc1. The summed E-state index contributed by atoms with van der Waals surface area (Å²) in [5.74, 6) is 0. The van der Waals surface area contributed by atoms with E-state index in [-0.39, 0.29) is 0 Å². The van der Waals surface area contributed by atoms with Gasteiger partial charge in [-0.2, -0.15) is 5.26 Å².